The van der Waals surface area contributed by atoms with Gasteiger partial charge < -0.3 is 10.2 Å². The molecule has 114 valence electrons. The molecular formula is C13H15BrFN3O3. The van der Waals surface area contributed by atoms with E-state index in [0.29, 0.717) is 0 Å². The molecule has 1 fully saturated rings. The molecule has 21 heavy (non-hydrogen) atoms. The van der Waals surface area contributed by atoms with Gasteiger partial charge in [-0.2, -0.15) is 0 Å². The van der Waals surface area contributed by atoms with Crippen molar-refractivity contribution in [3.8, 4) is 0 Å². The van der Waals surface area contributed by atoms with Crippen LogP contribution in [0.2, 0.25) is 0 Å². The van der Waals surface area contributed by atoms with Crippen molar-refractivity contribution in [2.45, 2.75) is 19.3 Å². The van der Waals surface area contributed by atoms with Gasteiger partial charge in [-0.15, -0.1) is 0 Å². The first-order chi connectivity index (χ1) is 9.99. The van der Waals surface area contributed by atoms with Crippen molar-refractivity contribution >= 4 is 33.2 Å². The Balaban J connectivity index is 1.97. The summed E-state index contributed by atoms with van der Waals surface area (Å²) in [5.41, 5.74) is -0.146. The van der Waals surface area contributed by atoms with Gasteiger partial charge in [0.2, 0.25) is 5.91 Å². The molecule has 0 aliphatic carbocycles. The van der Waals surface area contributed by atoms with E-state index in [1.54, 1.807) is 4.90 Å². The van der Waals surface area contributed by atoms with Crippen molar-refractivity contribution < 1.29 is 14.1 Å². The molecule has 6 nitrogen and oxygen atoms in total. The van der Waals surface area contributed by atoms with Crippen molar-refractivity contribution in [3.63, 3.8) is 0 Å². The molecule has 1 aliphatic rings. The number of hydrogen-bond donors (Lipinski definition) is 1. The summed E-state index contributed by atoms with van der Waals surface area (Å²) in [5.74, 6) is -0.575. The zero-order chi connectivity index (χ0) is 15.4. The second-order valence-electron chi connectivity index (χ2n) is 4.81. The van der Waals surface area contributed by atoms with Crippen LogP contribution >= 0.6 is 15.9 Å². The number of halogens is 2. The molecule has 0 radical (unpaired) electrons. The second-order valence-corrected chi connectivity index (χ2v) is 5.66. The highest BCUT2D eigenvalue weighted by atomic mass is 79.9. The lowest BCUT2D eigenvalue weighted by atomic mass is 10.2. The summed E-state index contributed by atoms with van der Waals surface area (Å²) >= 11 is 2.92. The minimum Gasteiger partial charge on any atom is -0.379 e. The van der Waals surface area contributed by atoms with Gasteiger partial charge in [0.05, 0.1) is 9.40 Å². The number of benzene rings is 1. The first-order valence-electron chi connectivity index (χ1n) is 6.64. The van der Waals surface area contributed by atoms with Crippen LogP contribution in [0.1, 0.15) is 19.3 Å². The highest BCUT2D eigenvalue weighted by molar-refractivity contribution is 9.10. The van der Waals surface area contributed by atoms with Gasteiger partial charge in [-0.1, -0.05) is 0 Å². The Morgan fingerprint density at radius 1 is 1.43 bits per heavy atom. The first-order valence-corrected chi connectivity index (χ1v) is 7.43. The average molecular weight is 360 g/mol. The topological polar surface area (TPSA) is 75.5 Å². The van der Waals surface area contributed by atoms with Crippen LogP contribution in [-0.2, 0) is 4.79 Å². The summed E-state index contributed by atoms with van der Waals surface area (Å²) in [5, 5.41) is 13.7. The standard InChI is InChI=1S/C13H15BrFN3O3/c14-9-7-12(18(20)21)11(8-10(9)15)16-4-3-13(19)17-5-1-2-6-17/h7-8,16H,1-6H2. The molecule has 0 spiro atoms. The van der Waals surface area contributed by atoms with Crippen LogP contribution in [-0.4, -0.2) is 35.4 Å². The summed E-state index contributed by atoms with van der Waals surface area (Å²) in [7, 11) is 0. The summed E-state index contributed by atoms with van der Waals surface area (Å²) in [6.07, 6.45) is 2.26. The van der Waals surface area contributed by atoms with E-state index in [0.717, 1.165) is 38.1 Å². The third kappa shape index (κ3) is 3.90. The van der Waals surface area contributed by atoms with E-state index in [-0.39, 0.29) is 34.7 Å². The van der Waals surface area contributed by atoms with Crippen molar-refractivity contribution in [3.05, 3.63) is 32.5 Å². The lowest BCUT2D eigenvalue weighted by Crippen LogP contribution is -2.29. The van der Waals surface area contributed by atoms with Gasteiger partial charge in [-0.05, 0) is 28.8 Å². The lowest BCUT2D eigenvalue weighted by molar-refractivity contribution is -0.384. The molecule has 1 saturated heterocycles. The fraction of sp³-hybridized carbons (Fsp3) is 0.462. The average Bonchev–Trinajstić information content (AvgIpc) is 2.96. The summed E-state index contributed by atoms with van der Waals surface area (Å²) in [6, 6.07) is 2.17. The van der Waals surface area contributed by atoms with E-state index in [9.17, 15) is 19.3 Å². The van der Waals surface area contributed by atoms with Crippen LogP contribution in [0.5, 0.6) is 0 Å². The van der Waals surface area contributed by atoms with Crippen LogP contribution in [0, 0.1) is 15.9 Å². The smallest absolute Gasteiger partial charge is 0.293 e. The maximum atomic E-state index is 13.5. The zero-order valence-corrected chi connectivity index (χ0v) is 12.9. The number of nitro benzene ring substituents is 1. The maximum absolute atomic E-state index is 13.5. The Morgan fingerprint density at radius 3 is 2.71 bits per heavy atom. The molecule has 8 heteroatoms. The Kier molecular flexibility index (Phi) is 5.11. The molecule has 1 aromatic carbocycles. The molecule has 1 N–H and O–H groups in total. The first kappa shape index (κ1) is 15.7. The van der Waals surface area contributed by atoms with Gasteiger partial charge in [0.1, 0.15) is 11.5 Å². The highest BCUT2D eigenvalue weighted by Crippen LogP contribution is 2.30. The fourth-order valence-electron chi connectivity index (χ4n) is 2.26. The molecule has 2 rings (SSSR count). The van der Waals surface area contributed by atoms with Crippen LogP contribution in [0.3, 0.4) is 0 Å². The Hall–Kier alpha value is -1.70. The van der Waals surface area contributed by atoms with Crippen molar-refractivity contribution in [2.24, 2.45) is 0 Å². The molecule has 1 heterocycles. The molecule has 0 atom stereocenters. The normalized spacial score (nSPS) is 14.3. The predicted molar refractivity (Wildman–Crippen MR) is 79.7 cm³/mol. The number of hydrogen-bond acceptors (Lipinski definition) is 4. The quantitative estimate of drug-likeness (QED) is 0.647. The molecule has 0 saturated carbocycles. The van der Waals surface area contributed by atoms with Crippen LogP contribution in [0.15, 0.2) is 16.6 Å². The zero-order valence-electron chi connectivity index (χ0n) is 11.3. The van der Waals surface area contributed by atoms with E-state index in [1.165, 1.54) is 0 Å². The summed E-state index contributed by atoms with van der Waals surface area (Å²) in [6.45, 7) is 1.77. The Bertz CT molecular complexity index is 562. The molecular weight excluding hydrogens is 345 g/mol. The van der Waals surface area contributed by atoms with Gasteiger partial charge in [0, 0.05) is 38.2 Å². The Labute approximate surface area is 129 Å². The van der Waals surface area contributed by atoms with Crippen LogP contribution < -0.4 is 5.32 Å². The van der Waals surface area contributed by atoms with Gasteiger partial charge in [-0.3, -0.25) is 14.9 Å². The number of amides is 1. The van der Waals surface area contributed by atoms with E-state index in [4.69, 9.17) is 0 Å². The van der Waals surface area contributed by atoms with Crippen LogP contribution in [0.4, 0.5) is 15.8 Å². The molecule has 0 bridgehead atoms. The summed E-state index contributed by atoms with van der Waals surface area (Å²) < 4.78 is 13.5. The predicted octanol–water partition coefficient (Wildman–Crippen LogP) is 2.92. The minimum absolute atomic E-state index is 0.0141. The number of likely N-dealkylation sites (tertiary alicyclic amines) is 1. The summed E-state index contributed by atoms with van der Waals surface area (Å²) in [4.78, 5) is 24.0. The monoisotopic (exact) mass is 359 g/mol. The van der Waals surface area contributed by atoms with E-state index in [2.05, 4.69) is 21.2 Å². The van der Waals surface area contributed by atoms with Gasteiger partial charge in [0.25, 0.3) is 5.69 Å². The molecule has 0 aromatic heterocycles. The highest BCUT2D eigenvalue weighted by Gasteiger charge is 2.19. The van der Waals surface area contributed by atoms with Gasteiger partial charge in [-0.25, -0.2) is 4.39 Å². The number of nitrogens with zero attached hydrogens (tertiary/aromatic N) is 2. The van der Waals surface area contributed by atoms with Crippen molar-refractivity contribution in [1.29, 1.82) is 0 Å². The van der Waals surface area contributed by atoms with Crippen LogP contribution in [0.25, 0.3) is 0 Å². The SMILES string of the molecule is O=C(CCNc1cc(F)c(Br)cc1[N+](=O)[O-])N1CCCC1. The number of rotatable bonds is 5. The minimum atomic E-state index is -0.589. The fourth-order valence-corrected chi connectivity index (χ4v) is 2.59. The van der Waals surface area contributed by atoms with E-state index < -0.39 is 10.7 Å². The number of nitro groups is 1. The molecule has 1 aliphatic heterocycles. The van der Waals surface area contributed by atoms with Gasteiger partial charge in [0.15, 0.2) is 0 Å². The molecule has 1 aromatic rings. The molecule has 1 amide bonds. The van der Waals surface area contributed by atoms with E-state index >= 15 is 0 Å². The van der Waals surface area contributed by atoms with Crippen molar-refractivity contribution in [2.75, 3.05) is 25.0 Å². The van der Waals surface area contributed by atoms with Crippen molar-refractivity contribution in [1.82, 2.24) is 4.90 Å². The third-order valence-corrected chi connectivity index (χ3v) is 3.96. The van der Waals surface area contributed by atoms with E-state index in [1.807, 2.05) is 0 Å². The van der Waals surface area contributed by atoms with Gasteiger partial charge >= 0.3 is 0 Å². The molecule has 0 unspecified atom stereocenters. The number of nitrogens with one attached hydrogen (secondary N) is 1. The largest absolute Gasteiger partial charge is 0.379 e. The lowest BCUT2D eigenvalue weighted by Gasteiger charge is -2.15. The number of anilines is 1. The second kappa shape index (κ2) is 6.84. The third-order valence-electron chi connectivity index (χ3n) is 3.35. The maximum Gasteiger partial charge on any atom is 0.293 e. The number of carbonyl (C=O) groups is 1. The number of carbonyl (C=O) groups excluding carboxylic acids is 1. The Morgan fingerprint density at radius 2 is 2.10 bits per heavy atom.